The average Bonchev–Trinajstić information content (AvgIpc) is 2.87. The van der Waals surface area contributed by atoms with E-state index in [1.54, 1.807) is 49.6 Å². The van der Waals surface area contributed by atoms with Crippen molar-refractivity contribution in [2.45, 2.75) is 19.8 Å². The Bertz CT molecular complexity index is 1270. The van der Waals surface area contributed by atoms with Crippen LogP contribution in [0.25, 0.3) is 22.3 Å². The molecule has 0 unspecified atom stereocenters. The summed E-state index contributed by atoms with van der Waals surface area (Å²) in [5, 5.41) is 0. The Labute approximate surface area is 197 Å². The molecule has 174 valence electrons. The number of hydrogen-bond donors (Lipinski definition) is 0. The monoisotopic (exact) mass is 462 g/mol. The van der Waals surface area contributed by atoms with Crippen LogP contribution in [0.4, 0.5) is 13.2 Å². The zero-order valence-electron chi connectivity index (χ0n) is 19.1. The molecule has 0 heterocycles. The molecule has 0 amide bonds. The van der Waals surface area contributed by atoms with Crippen molar-refractivity contribution in [1.82, 2.24) is 0 Å². The third-order valence-corrected chi connectivity index (χ3v) is 5.77. The van der Waals surface area contributed by atoms with Gasteiger partial charge in [-0.2, -0.15) is 0 Å². The third-order valence-electron chi connectivity index (χ3n) is 5.77. The number of rotatable bonds is 8. The van der Waals surface area contributed by atoms with Gasteiger partial charge in [-0.25, -0.2) is 13.2 Å². The molecular weight excluding hydrogens is 437 g/mol. The van der Waals surface area contributed by atoms with Crippen LogP contribution in [0.2, 0.25) is 0 Å². The molecule has 0 fully saturated rings. The molecule has 0 aromatic heterocycles. The number of methoxy groups -OCH3 is 1. The summed E-state index contributed by atoms with van der Waals surface area (Å²) < 4.78 is 54.0. The van der Waals surface area contributed by atoms with E-state index in [0.717, 1.165) is 16.7 Å². The fourth-order valence-electron chi connectivity index (χ4n) is 3.87. The molecule has 34 heavy (non-hydrogen) atoms. The molecule has 4 aromatic carbocycles. The molecule has 0 spiro atoms. The first-order valence-electron chi connectivity index (χ1n) is 11.1. The molecule has 0 aliphatic heterocycles. The van der Waals surface area contributed by atoms with Gasteiger partial charge in [-0.05, 0) is 71.8 Å². The predicted molar refractivity (Wildman–Crippen MR) is 129 cm³/mol. The lowest BCUT2D eigenvalue weighted by atomic mass is 9.97. The molecule has 0 saturated carbocycles. The van der Waals surface area contributed by atoms with E-state index in [1.807, 2.05) is 37.3 Å². The van der Waals surface area contributed by atoms with Crippen LogP contribution in [0.5, 0.6) is 11.5 Å². The SMILES string of the molecule is CCOc1ccc(-c2ccc(CCc3ccc(-c4ccc(OC)cc4)c(F)c3F)cc2)cc1F. The van der Waals surface area contributed by atoms with Crippen molar-refractivity contribution in [1.29, 1.82) is 0 Å². The van der Waals surface area contributed by atoms with Crippen molar-refractivity contribution < 1.29 is 22.6 Å². The Morgan fingerprint density at radius 2 is 1.35 bits per heavy atom. The molecule has 4 aromatic rings. The van der Waals surface area contributed by atoms with Crippen LogP contribution in [0, 0.1) is 17.5 Å². The summed E-state index contributed by atoms with van der Waals surface area (Å²) in [6, 6.07) is 22.6. The van der Waals surface area contributed by atoms with Gasteiger partial charge in [-0.1, -0.05) is 54.6 Å². The zero-order chi connectivity index (χ0) is 24.1. The average molecular weight is 463 g/mol. The maximum atomic E-state index is 14.8. The molecule has 0 radical (unpaired) electrons. The van der Waals surface area contributed by atoms with E-state index in [2.05, 4.69) is 0 Å². The summed E-state index contributed by atoms with van der Waals surface area (Å²) in [5.74, 6) is -1.19. The molecule has 0 saturated heterocycles. The third kappa shape index (κ3) is 5.09. The summed E-state index contributed by atoms with van der Waals surface area (Å²) in [7, 11) is 1.55. The van der Waals surface area contributed by atoms with Gasteiger partial charge in [0.25, 0.3) is 0 Å². The first-order chi connectivity index (χ1) is 16.5. The molecular formula is C29H25F3O2. The number of hydrogen-bond acceptors (Lipinski definition) is 2. The maximum absolute atomic E-state index is 14.8. The minimum Gasteiger partial charge on any atom is -0.497 e. The smallest absolute Gasteiger partial charge is 0.166 e. The number of aryl methyl sites for hydroxylation is 2. The van der Waals surface area contributed by atoms with Gasteiger partial charge in [0.15, 0.2) is 23.2 Å². The van der Waals surface area contributed by atoms with Crippen molar-refractivity contribution >= 4 is 0 Å². The van der Waals surface area contributed by atoms with E-state index in [-0.39, 0.29) is 11.3 Å². The molecule has 0 bridgehead atoms. The Hall–Kier alpha value is -3.73. The van der Waals surface area contributed by atoms with Gasteiger partial charge in [0.2, 0.25) is 0 Å². The van der Waals surface area contributed by atoms with E-state index in [1.165, 1.54) is 6.07 Å². The Balaban J connectivity index is 1.45. The normalized spacial score (nSPS) is 10.9. The lowest BCUT2D eigenvalue weighted by molar-refractivity contribution is 0.321. The van der Waals surface area contributed by atoms with Crippen LogP contribution in [0.1, 0.15) is 18.1 Å². The van der Waals surface area contributed by atoms with E-state index in [0.29, 0.717) is 36.3 Å². The molecule has 0 aliphatic rings. The topological polar surface area (TPSA) is 18.5 Å². The largest absolute Gasteiger partial charge is 0.497 e. The highest BCUT2D eigenvalue weighted by Crippen LogP contribution is 2.29. The lowest BCUT2D eigenvalue weighted by Gasteiger charge is -2.10. The molecule has 4 rings (SSSR count). The van der Waals surface area contributed by atoms with Crippen LogP contribution in [0.3, 0.4) is 0 Å². The van der Waals surface area contributed by atoms with E-state index < -0.39 is 17.5 Å². The number of ether oxygens (including phenoxy) is 2. The van der Waals surface area contributed by atoms with Crippen molar-refractivity contribution in [2.24, 2.45) is 0 Å². The first kappa shape index (κ1) is 23.4. The number of halogens is 3. The van der Waals surface area contributed by atoms with Crippen LogP contribution in [-0.4, -0.2) is 13.7 Å². The second-order valence-electron chi connectivity index (χ2n) is 7.90. The standard InChI is InChI=1S/C29H25F3O2/c1-3-34-27-17-13-23(18-26(27)30)20-7-4-19(5-8-20)6-9-22-12-16-25(29(32)28(22)31)21-10-14-24(33-2)15-11-21/h4-5,7-8,10-18H,3,6,9H2,1-2H3. The second-order valence-corrected chi connectivity index (χ2v) is 7.90. The Morgan fingerprint density at radius 1 is 0.676 bits per heavy atom. The summed E-state index contributed by atoms with van der Waals surface area (Å²) in [6.07, 6.45) is 0.916. The summed E-state index contributed by atoms with van der Waals surface area (Å²) in [5.41, 5.74) is 3.73. The molecule has 5 heteroatoms. The molecule has 0 atom stereocenters. The van der Waals surface area contributed by atoms with Crippen molar-refractivity contribution in [3.63, 3.8) is 0 Å². The van der Waals surface area contributed by atoms with Crippen molar-refractivity contribution in [2.75, 3.05) is 13.7 Å². The van der Waals surface area contributed by atoms with Crippen LogP contribution in [-0.2, 0) is 12.8 Å². The van der Waals surface area contributed by atoms with Gasteiger partial charge in [0.05, 0.1) is 13.7 Å². The van der Waals surface area contributed by atoms with Gasteiger partial charge < -0.3 is 9.47 Å². The van der Waals surface area contributed by atoms with Gasteiger partial charge >= 0.3 is 0 Å². The van der Waals surface area contributed by atoms with Crippen molar-refractivity contribution in [3.8, 4) is 33.8 Å². The molecule has 0 aliphatic carbocycles. The fraction of sp³-hybridized carbons (Fsp3) is 0.172. The van der Waals surface area contributed by atoms with Gasteiger partial charge in [0, 0.05) is 5.56 Å². The predicted octanol–water partition coefficient (Wildman–Crippen LogP) is 7.63. The molecule has 0 N–H and O–H groups in total. The number of benzene rings is 4. The minimum absolute atomic E-state index is 0.218. The summed E-state index contributed by atoms with van der Waals surface area (Å²) in [6.45, 7) is 2.21. The van der Waals surface area contributed by atoms with Gasteiger partial charge in [-0.15, -0.1) is 0 Å². The van der Waals surface area contributed by atoms with E-state index in [4.69, 9.17) is 9.47 Å². The summed E-state index contributed by atoms with van der Waals surface area (Å²) >= 11 is 0. The first-order valence-corrected chi connectivity index (χ1v) is 11.1. The van der Waals surface area contributed by atoms with E-state index >= 15 is 0 Å². The van der Waals surface area contributed by atoms with Crippen LogP contribution in [0.15, 0.2) is 78.9 Å². The highest BCUT2D eigenvalue weighted by atomic mass is 19.2. The highest BCUT2D eigenvalue weighted by molar-refractivity contribution is 5.66. The zero-order valence-corrected chi connectivity index (χ0v) is 19.1. The van der Waals surface area contributed by atoms with Crippen molar-refractivity contribution in [3.05, 3.63) is 107 Å². The van der Waals surface area contributed by atoms with Crippen LogP contribution >= 0.6 is 0 Å². The Morgan fingerprint density at radius 3 is 2.00 bits per heavy atom. The maximum Gasteiger partial charge on any atom is 0.166 e. The fourth-order valence-corrected chi connectivity index (χ4v) is 3.87. The van der Waals surface area contributed by atoms with Gasteiger partial charge in [-0.3, -0.25) is 0 Å². The minimum atomic E-state index is -0.851. The molecule has 2 nitrogen and oxygen atoms in total. The Kier molecular flexibility index (Phi) is 7.21. The van der Waals surface area contributed by atoms with Crippen LogP contribution < -0.4 is 9.47 Å². The quantitative estimate of drug-likeness (QED) is 0.268. The summed E-state index contributed by atoms with van der Waals surface area (Å²) in [4.78, 5) is 0. The second kappa shape index (κ2) is 10.5. The lowest BCUT2D eigenvalue weighted by Crippen LogP contribution is -2.00. The van der Waals surface area contributed by atoms with E-state index in [9.17, 15) is 13.2 Å². The highest BCUT2D eigenvalue weighted by Gasteiger charge is 2.15. The van der Waals surface area contributed by atoms with Gasteiger partial charge in [0.1, 0.15) is 5.75 Å².